The Morgan fingerprint density at radius 1 is 1.07 bits per heavy atom. The molecule has 1 aromatic carbocycles. The lowest BCUT2D eigenvalue weighted by Crippen LogP contribution is -2.47. The number of carbonyl (C=O) groups is 2. The first-order valence-electron chi connectivity index (χ1n) is 9.78. The van der Waals surface area contributed by atoms with Gasteiger partial charge in [0.2, 0.25) is 0 Å². The van der Waals surface area contributed by atoms with Crippen molar-refractivity contribution in [3.8, 4) is 0 Å². The van der Waals surface area contributed by atoms with Gasteiger partial charge in [-0.15, -0.1) is 0 Å². The first-order valence-corrected chi connectivity index (χ1v) is 9.78. The van der Waals surface area contributed by atoms with Crippen LogP contribution in [0.4, 0.5) is 4.79 Å². The summed E-state index contributed by atoms with van der Waals surface area (Å²) in [7, 11) is 0. The molecule has 0 aliphatic rings. The van der Waals surface area contributed by atoms with Crippen molar-refractivity contribution in [3.05, 3.63) is 36.0 Å². The Hall–Kier alpha value is -2.54. The number of aliphatic hydroxyl groups is 1. The molecule has 160 valence electrons. The molecule has 1 aromatic heterocycles. The number of esters is 1. The fraction of sp³-hybridized carbons (Fsp3) is 0.545. The van der Waals surface area contributed by atoms with Crippen LogP contribution in [-0.4, -0.2) is 45.5 Å². The maximum Gasteiger partial charge on any atom is 0.407 e. The van der Waals surface area contributed by atoms with Crippen LogP contribution in [0.1, 0.15) is 53.5 Å². The fourth-order valence-corrected chi connectivity index (χ4v) is 2.98. The second-order valence-electron chi connectivity index (χ2n) is 9.17. The molecule has 1 heterocycles. The van der Waals surface area contributed by atoms with E-state index >= 15 is 0 Å². The second-order valence-corrected chi connectivity index (χ2v) is 9.17. The van der Waals surface area contributed by atoms with Crippen molar-refractivity contribution in [1.29, 1.82) is 0 Å². The molecule has 29 heavy (non-hydrogen) atoms. The number of alkyl carbamates (subject to hydrolysis) is 1. The van der Waals surface area contributed by atoms with Gasteiger partial charge in [0.05, 0.1) is 18.6 Å². The lowest BCUT2D eigenvalue weighted by atomic mass is 9.99. The van der Waals surface area contributed by atoms with Crippen molar-refractivity contribution >= 4 is 23.0 Å². The number of ether oxygens (including phenoxy) is 2. The number of carbonyl (C=O) groups excluding carboxylic acids is 2. The Balaban J connectivity index is 2.18. The van der Waals surface area contributed by atoms with Gasteiger partial charge in [-0.1, -0.05) is 18.2 Å². The SMILES string of the molecule is CC(C)(C)OC(=O)C[C@@H](O)[C@H](Cc1c[nH]c2ccccc12)NC(=O)OC(C)(C)C. The molecule has 3 N–H and O–H groups in total. The zero-order valence-electron chi connectivity index (χ0n) is 18.0. The van der Waals surface area contributed by atoms with Gasteiger partial charge in [-0.25, -0.2) is 4.79 Å². The van der Waals surface area contributed by atoms with Gasteiger partial charge in [0.25, 0.3) is 0 Å². The van der Waals surface area contributed by atoms with Gasteiger partial charge in [-0.3, -0.25) is 4.79 Å². The molecule has 0 spiro atoms. The topological polar surface area (TPSA) is 101 Å². The maximum absolute atomic E-state index is 12.3. The predicted molar refractivity (Wildman–Crippen MR) is 112 cm³/mol. The van der Waals surface area contributed by atoms with E-state index in [1.54, 1.807) is 41.5 Å². The number of hydrogen-bond acceptors (Lipinski definition) is 5. The van der Waals surface area contributed by atoms with Crippen molar-refractivity contribution in [2.24, 2.45) is 0 Å². The summed E-state index contributed by atoms with van der Waals surface area (Å²) in [5.74, 6) is -0.528. The number of aromatic amines is 1. The minimum atomic E-state index is -1.13. The molecule has 0 saturated carbocycles. The standard InChI is InChI=1S/C22H32N2O5/c1-21(2,3)28-19(26)12-18(25)17(24-20(27)29-22(4,5)6)11-14-13-23-16-10-8-7-9-15(14)16/h7-10,13,17-18,23,25H,11-12H2,1-6H3,(H,24,27)/t17-,18+/m0/s1. The van der Waals surface area contributed by atoms with E-state index in [2.05, 4.69) is 10.3 Å². The van der Waals surface area contributed by atoms with Gasteiger partial charge in [-0.2, -0.15) is 0 Å². The third-order valence-electron chi connectivity index (χ3n) is 4.08. The number of benzene rings is 1. The molecule has 0 saturated heterocycles. The summed E-state index contributed by atoms with van der Waals surface area (Å²) in [5, 5.41) is 14.4. The number of amides is 1. The van der Waals surface area contributed by atoms with Crippen molar-refractivity contribution < 1.29 is 24.2 Å². The summed E-state index contributed by atoms with van der Waals surface area (Å²) in [6.45, 7) is 10.6. The monoisotopic (exact) mass is 404 g/mol. The van der Waals surface area contributed by atoms with Gasteiger partial charge < -0.3 is 24.9 Å². The van der Waals surface area contributed by atoms with Crippen LogP contribution in [0.2, 0.25) is 0 Å². The van der Waals surface area contributed by atoms with Crippen LogP contribution in [-0.2, 0) is 20.7 Å². The zero-order valence-corrected chi connectivity index (χ0v) is 18.0. The Labute approximate surface area is 171 Å². The third kappa shape index (κ3) is 7.42. The molecule has 0 bridgehead atoms. The first kappa shape index (κ1) is 22.7. The van der Waals surface area contributed by atoms with Crippen LogP contribution >= 0.6 is 0 Å². The fourth-order valence-electron chi connectivity index (χ4n) is 2.98. The van der Waals surface area contributed by atoms with Crippen LogP contribution in [0.15, 0.2) is 30.5 Å². The highest BCUT2D eigenvalue weighted by Gasteiger charge is 2.29. The third-order valence-corrected chi connectivity index (χ3v) is 4.08. The molecule has 7 nitrogen and oxygen atoms in total. The number of H-pyrrole nitrogens is 1. The number of aliphatic hydroxyl groups excluding tert-OH is 1. The second kappa shape index (κ2) is 8.86. The van der Waals surface area contributed by atoms with Crippen LogP contribution in [0, 0.1) is 0 Å². The van der Waals surface area contributed by atoms with Gasteiger partial charge in [-0.05, 0) is 59.6 Å². The minimum absolute atomic E-state index is 0.236. The number of para-hydroxylation sites is 1. The number of rotatable bonds is 6. The highest BCUT2D eigenvalue weighted by Crippen LogP contribution is 2.21. The molecule has 2 rings (SSSR count). The van der Waals surface area contributed by atoms with E-state index in [0.29, 0.717) is 6.42 Å². The van der Waals surface area contributed by atoms with Crippen molar-refractivity contribution in [2.45, 2.75) is 77.7 Å². The smallest absolute Gasteiger partial charge is 0.407 e. The number of fused-ring (bicyclic) bond motifs is 1. The summed E-state index contributed by atoms with van der Waals surface area (Å²) in [6, 6.07) is 7.04. The summed E-state index contributed by atoms with van der Waals surface area (Å²) >= 11 is 0. The first-order chi connectivity index (χ1) is 13.3. The van der Waals surface area contributed by atoms with Crippen LogP contribution in [0.25, 0.3) is 10.9 Å². The largest absolute Gasteiger partial charge is 0.460 e. The summed E-state index contributed by atoms with van der Waals surface area (Å²) in [5.41, 5.74) is 0.554. The van der Waals surface area contributed by atoms with E-state index in [4.69, 9.17) is 9.47 Å². The highest BCUT2D eigenvalue weighted by molar-refractivity contribution is 5.83. The lowest BCUT2D eigenvalue weighted by molar-refractivity contribution is -0.157. The Kier molecular flexibility index (Phi) is 6.95. The predicted octanol–water partition coefficient (Wildman–Crippen LogP) is 3.70. The number of nitrogens with one attached hydrogen (secondary N) is 2. The molecule has 0 fully saturated rings. The molecule has 2 atom stereocenters. The normalized spacial score (nSPS) is 14.3. The average molecular weight is 405 g/mol. The van der Waals surface area contributed by atoms with E-state index in [1.807, 2.05) is 30.5 Å². The molecule has 0 unspecified atom stereocenters. The highest BCUT2D eigenvalue weighted by atomic mass is 16.6. The maximum atomic E-state index is 12.3. The van der Waals surface area contributed by atoms with Gasteiger partial charge in [0.15, 0.2) is 0 Å². The van der Waals surface area contributed by atoms with Crippen molar-refractivity contribution in [1.82, 2.24) is 10.3 Å². The van der Waals surface area contributed by atoms with Gasteiger partial charge in [0.1, 0.15) is 11.2 Å². The summed E-state index contributed by atoms with van der Waals surface area (Å²) in [6.07, 6.45) is 0.152. The van der Waals surface area contributed by atoms with Crippen LogP contribution < -0.4 is 5.32 Å². The van der Waals surface area contributed by atoms with Crippen molar-refractivity contribution in [2.75, 3.05) is 0 Å². The molecule has 7 heteroatoms. The van der Waals surface area contributed by atoms with Gasteiger partial charge >= 0.3 is 12.1 Å². The minimum Gasteiger partial charge on any atom is -0.460 e. The zero-order chi connectivity index (χ0) is 21.8. The molecule has 2 aromatic rings. The molecule has 0 aliphatic carbocycles. The summed E-state index contributed by atoms with van der Waals surface area (Å²) in [4.78, 5) is 27.7. The summed E-state index contributed by atoms with van der Waals surface area (Å²) < 4.78 is 10.6. The van der Waals surface area contributed by atoms with Crippen molar-refractivity contribution in [3.63, 3.8) is 0 Å². The van der Waals surface area contributed by atoms with E-state index in [1.165, 1.54) is 0 Å². The number of hydrogen-bond donors (Lipinski definition) is 3. The molecule has 1 amide bonds. The van der Waals surface area contributed by atoms with Gasteiger partial charge in [0, 0.05) is 17.1 Å². The van der Waals surface area contributed by atoms with E-state index in [9.17, 15) is 14.7 Å². The van der Waals surface area contributed by atoms with Crippen LogP contribution in [0.3, 0.4) is 0 Å². The average Bonchev–Trinajstić information content (AvgIpc) is 2.93. The lowest BCUT2D eigenvalue weighted by Gasteiger charge is -2.27. The Morgan fingerprint density at radius 3 is 2.31 bits per heavy atom. The van der Waals surface area contributed by atoms with E-state index in [-0.39, 0.29) is 6.42 Å². The molecule has 0 radical (unpaired) electrons. The molecular formula is C22H32N2O5. The molecular weight excluding hydrogens is 372 g/mol. The van der Waals surface area contributed by atoms with E-state index in [0.717, 1.165) is 16.5 Å². The van der Waals surface area contributed by atoms with Crippen LogP contribution in [0.5, 0.6) is 0 Å². The van der Waals surface area contributed by atoms with E-state index < -0.39 is 35.4 Å². The molecule has 0 aliphatic heterocycles. The Morgan fingerprint density at radius 2 is 1.69 bits per heavy atom. The Bertz CT molecular complexity index is 845. The quantitative estimate of drug-likeness (QED) is 0.638. The number of aromatic nitrogens is 1.